The van der Waals surface area contributed by atoms with E-state index in [1.807, 2.05) is 0 Å². The predicted molar refractivity (Wildman–Crippen MR) is 110 cm³/mol. The van der Waals surface area contributed by atoms with E-state index in [-0.39, 0.29) is 0 Å². The van der Waals surface area contributed by atoms with Crippen LogP contribution < -0.4 is 0 Å². The number of phosphoric acid groups is 1. The first-order valence-corrected chi connectivity index (χ1v) is 10.5. The molecule has 0 atom stereocenters. The van der Waals surface area contributed by atoms with Crippen LogP contribution >= 0.6 is 7.82 Å². The molecule has 0 aliphatic carbocycles. The van der Waals surface area contributed by atoms with Gasteiger partial charge in [-0.1, -0.05) is 92.2 Å². The van der Waals surface area contributed by atoms with Gasteiger partial charge >= 0.3 is 7.82 Å². The molecule has 0 spiro atoms. The molecular formula is C22H25O4P. The third-order valence-electron chi connectivity index (χ3n) is 4.10. The molecule has 142 valence electrons. The third-order valence-corrected chi connectivity index (χ3v) is 4.10. The maximum absolute atomic E-state index is 8.88. The Labute approximate surface area is 160 Å². The summed E-state index contributed by atoms with van der Waals surface area (Å²) in [5.74, 6) is 0. The quantitative estimate of drug-likeness (QED) is 0.512. The van der Waals surface area contributed by atoms with Crippen molar-refractivity contribution in [3.8, 4) is 22.3 Å². The lowest BCUT2D eigenvalue weighted by atomic mass is 9.89. The lowest BCUT2D eigenvalue weighted by Crippen LogP contribution is -1.94. The molecule has 0 aromatic heterocycles. The van der Waals surface area contributed by atoms with Gasteiger partial charge in [0.25, 0.3) is 0 Å². The molecule has 5 heteroatoms. The molecule has 0 bridgehead atoms. The Kier molecular flexibility index (Phi) is 7.96. The number of benzene rings is 3. The van der Waals surface area contributed by atoms with Crippen LogP contribution in [0.5, 0.6) is 0 Å². The second kappa shape index (κ2) is 10.2. The second-order valence-corrected chi connectivity index (χ2v) is 7.22. The summed E-state index contributed by atoms with van der Waals surface area (Å²) in [6, 6.07) is 28.2. The second-order valence-electron chi connectivity index (χ2n) is 6.19. The minimum absolute atomic E-state index is 1.14. The Hall–Kier alpha value is -2.23. The van der Waals surface area contributed by atoms with Gasteiger partial charge in [0, 0.05) is 0 Å². The summed E-state index contributed by atoms with van der Waals surface area (Å²) in [4.78, 5) is 21.6. The van der Waals surface area contributed by atoms with Crippen LogP contribution in [0.2, 0.25) is 0 Å². The molecule has 0 unspecified atom stereocenters. The molecule has 0 saturated heterocycles. The molecule has 0 aliphatic rings. The molecule has 3 N–H and O–H groups in total. The molecule has 3 aromatic rings. The zero-order valence-corrected chi connectivity index (χ0v) is 16.2. The fourth-order valence-corrected chi connectivity index (χ4v) is 2.98. The first kappa shape index (κ1) is 21.1. The van der Waals surface area contributed by atoms with E-state index in [1.54, 1.807) is 0 Å². The summed E-state index contributed by atoms with van der Waals surface area (Å²) in [7, 11) is -4.64. The van der Waals surface area contributed by atoms with Gasteiger partial charge in [-0.2, -0.15) is 0 Å². The van der Waals surface area contributed by atoms with Gasteiger partial charge in [0.05, 0.1) is 0 Å². The molecule has 0 fully saturated rings. The maximum Gasteiger partial charge on any atom is 0.466 e. The highest BCUT2D eigenvalue weighted by Gasteiger charge is 2.11. The molecule has 3 aromatic carbocycles. The van der Waals surface area contributed by atoms with E-state index in [0.29, 0.717) is 0 Å². The standard InChI is InChI=1S/C22H22.H3O4P/c1-2-3-11-19-16-10-17-21(18-12-6-4-7-13-18)22(19)20-14-8-5-9-15-20;1-5(2,3)4/h4-10,12-17H,2-3,11H2,1H3;(H3,1,2,3,4). The van der Waals surface area contributed by atoms with E-state index in [2.05, 4.69) is 85.8 Å². The summed E-state index contributed by atoms with van der Waals surface area (Å²) in [5.41, 5.74) is 6.78. The van der Waals surface area contributed by atoms with E-state index in [0.717, 1.165) is 6.42 Å². The van der Waals surface area contributed by atoms with E-state index < -0.39 is 7.82 Å². The van der Waals surface area contributed by atoms with E-state index in [1.165, 1.54) is 40.7 Å². The average molecular weight is 384 g/mol. The number of unbranched alkanes of at least 4 members (excludes halogenated alkanes) is 1. The zero-order valence-electron chi connectivity index (χ0n) is 15.3. The molecule has 4 nitrogen and oxygen atoms in total. The molecule has 0 radical (unpaired) electrons. The summed E-state index contributed by atoms with van der Waals surface area (Å²) in [5, 5.41) is 0. The lowest BCUT2D eigenvalue weighted by molar-refractivity contribution is 0.275. The van der Waals surface area contributed by atoms with Crippen LogP contribution in [0.25, 0.3) is 22.3 Å². The maximum atomic E-state index is 8.88. The fraction of sp³-hybridized carbons (Fsp3) is 0.182. The van der Waals surface area contributed by atoms with E-state index >= 15 is 0 Å². The van der Waals surface area contributed by atoms with Crippen LogP contribution in [0.15, 0.2) is 78.9 Å². The normalized spacial score (nSPS) is 10.8. The summed E-state index contributed by atoms with van der Waals surface area (Å²) in [6.07, 6.45) is 3.60. The largest absolute Gasteiger partial charge is 0.466 e. The highest BCUT2D eigenvalue weighted by Crippen LogP contribution is 2.35. The minimum Gasteiger partial charge on any atom is -0.303 e. The van der Waals surface area contributed by atoms with Gasteiger partial charge in [0.2, 0.25) is 0 Å². The molecule has 0 aliphatic heterocycles. The molecule has 27 heavy (non-hydrogen) atoms. The highest BCUT2D eigenvalue weighted by atomic mass is 31.2. The zero-order chi connectivity index (χ0) is 19.7. The van der Waals surface area contributed by atoms with Crippen molar-refractivity contribution in [1.29, 1.82) is 0 Å². The summed E-state index contributed by atoms with van der Waals surface area (Å²) in [6.45, 7) is 2.25. The Balaban J connectivity index is 0.000000465. The summed E-state index contributed by atoms with van der Waals surface area (Å²) < 4.78 is 8.88. The van der Waals surface area contributed by atoms with Crippen LogP contribution in [-0.4, -0.2) is 14.7 Å². The Morgan fingerprint density at radius 1 is 0.741 bits per heavy atom. The third kappa shape index (κ3) is 7.12. The lowest BCUT2D eigenvalue weighted by Gasteiger charge is -2.15. The number of hydrogen-bond donors (Lipinski definition) is 3. The first-order chi connectivity index (χ1) is 12.9. The van der Waals surface area contributed by atoms with Crippen molar-refractivity contribution in [3.05, 3.63) is 84.4 Å². The Bertz CT molecular complexity index is 865. The van der Waals surface area contributed by atoms with Crippen molar-refractivity contribution in [3.63, 3.8) is 0 Å². The molecule has 0 heterocycles. The van der Waals surface area contributed by atoms with Crippen LogP contribution in [-0.2, 0) is 11.0 Å². The van der Waals surface area contributed by atoms with Crippen molar-refractivity contribution in [2.24, 2.45) is 0 Å². The Morgan fingerprint density at radius 2 is 1.26 bits per heavy atom. The smallest absolute Gasteiger partial charge is 0.303 e. The number of hydrogen-bond acceptors (Lipinski definition) is 1. The van der Waals surface area contributed by atoms with Gasteiger partial charge in [-0.25, -0.2) is 4.57 Å². The van der Waals surface area contributed by atoms with Crippen LogP contribution in [0.4, 0.5) is 0 Å². The molecule has 3 rings (SSSR count). The van der Waals surface area contributed by atoms with Crippen LogP contribution in [0, 0.1) is 0 Å². The fourth-order valence-electron chi connectivity index (χ4n) is 2.98. The number of rotatable bonds is 5. The van der Waals surface area contributed by atoms with Gasteiger partial charge in [0.1, 0.15) is 0 Å². The van der Waals surface area contributed by atoms with Crippen LogP contribution in [0.1, 0.15) is 25.3 Å². The van der Waals surface area contributed by atoms with Crippen LogP contribution in [0.3, 0.4) is 0 Å². The SMILES string of the molecule is CCCCc1cccc(-c2ccccc2)c1-c1ccccc1.O=P(O)(O)O. The van der Waals surface area contributed by atoms with Crippen molar-refractivity contribution in [2.45, 2.75) is 26.2 Å². The van der Waals surface area contributed by atoms with E-state index in [9.17, 15) is 0 Å². The average Bonchev–Trinajstić information content (AvgIpc) is 2.66. The van der Waals surface area contributed by atoms with Crippen molar-refractivity contribution < 1.29 is 19.2 Å². The van der Waals surface area contributed by atoms with Gasteiger partial charge < -0.3 is 14.7 Å². The topological polar surface area (TPSA) is 77.8 Å². The van der Waals surface area contributed by atoms with E-state index in [4.69, 9.17) is 19.2 Å². The van der Waals surface area contributed by atoms with Gasteiger partial charge in [-0.3, -0.25) is 0 Å². The molecule has 0 amide bonds. The van der Waals surface area contributed by atoms with Gasteiger partial charge in [-0.15, -0.1) is 0 Å². The number of aryl methyl sites for hydroxylation is 1. The van der Waals surface area contributed by atoms with Gasteiger partial charge in [-0.05, 0) is 40.7 Å². The summed E-state index contributed by atoms with van der Waals surface area (Å²) >= 11 is 0. The minimum atomic E-state index is -4.64. The van der Waals surface area contributed by atoms with Gasteiger partial charge in [0.15, 0.2) is 0 Å². The molecular weight excluding hydrogens is 359 g/mol. The van der Waals surface area contributed by atoms with Crippen molar-refractivity contribution in [1.82, 2.24) is 0 Å². The van der Waals surface area contributed by atoms with Crippen molar-refractivity contribution >= 4 is 7.82 Å². The Morgan fingerprint density at radius 3 is 1.78 bits per heavy atom. The first-order valence-electron chi connectivity index (χ1n) is 8.91. The predicted octanol–water partition coefficient (Wildman–Crippen LogP) is 5.43. The van der Waals surface area contributed by atoms with Crippen molar-refractivity contribution in [2.75, 3.05) is 0 Å². The molecule has 0 saturated carbocycles. The monoisotopic (exact) mass is 384 g/mol. The highest BCUT2D eigenvalue weighted by molar-refractivity contribution is 7.45.